The molecule has 1 amide bonds. The molecule has 0 aromatic heterocycles. The standard InChI is InChI=1S/C24H29FN2O3/c25-20-10-8-19(9-11-20)17-26-12-4-13-27(15-14-26)24(28)22-6-1-2-7-23(22)30-18-21-5-3-16-29-21/h1-2,6-11,21H,3-5,12-18H2. The van der Waals surface area contributed by atoms with Crippen LogP contribution in [0.4, 0.5) is 4.39 Å². The first-order valence-corrected chi connectivity index (χ1v) is 10.8. The van der Waals surface area contributed by atoms with E-state index in [4.69, 9.17) is 9.47 Å². The smallest absolute Gasteiger partial charge is 0.257 e. The monoisotopic (exact) mass is 412 g/mol. The fourth-order valence-electron chi connectivity index (χ4n) is 4.08. The molecule has 0 aliphatic carbocycles. The number of nitrogens with zero attached hydrogens (tertiary/aromatic N) is 2. The summed E-state index contributed by atoms with van der Waals surface area (Å²) in [6.07, 6.45) is 3.10. The van der Waals surface area contributed by atoms with Crippen molar-refractivity contribution >= 4 is 5.91 Å². The second-order valence-corrected chi connectivity index (χ2v) is 7.99. The van der Waals surface area contributed by atoms with Gasteiger partial charge in [0.05, 0.1) is 11.7 Å². The van der Waals surface area contributed by atoms with Crippen molar-refractivity contribution in [2.75, 3.05) is 39.4 Å². The molecule has 0 saturated carbocycles. The SMILES string of the molecule is O=C(c1ccccc1OCC1CCCO1)N1CCCN(Cc2ccc(F)cc2)CC1. The molecule has 2 aromatic rings. The predicted molar refractivity (Wildman–Crippen MR) is 113 cm³/mol. The van der Waals surface area contributed by atoms with Crippen LogP contribution in [0.25, 0.3) is 0 Å². The number of benzene rings is 2. The molecule has 0 radical (unpaired) electrons. The van der Waals surface area contributed by atoms with Crippen LogP contribution >= 0.6 is 0 Å². The number of amides is 1. The maximum absolute atomic E-state index is 13.2. The topological polar surface area (TPSA) is 42.0 Å². The second-order valence-electron chi connectivity index (χ2n) is 7.99. The largest absolute Gasteiger partial charge is 0.490 e. The molecule has 160 valence electrons. The number of para-hydroxylation sites is 1. The quantitative estimate of drug-likeness (QED) is 0.725. The Balaban J connectivity index is 1.36. The summed E-state index contributed by atoms with van der Waals surface area (Å²) >= 11 is 0. The molecule has 0 spiro atoms. The number of halogens is 1. The summed E-state index contributed by atoms with van der Waals surface area (Å²) in [5.41, 5.74) is 1.70. The Morgan fingerprint density at radius 1 is 1.03 bits per heavy atom. The zero-order valence-electron chi connectivity index (χ0n) is 17.3. The van der Waals surface area contributed by atoms with E-state index in [-0.39, 0.29) is 17.8 Å². The van der Waals surface area contributed by atoms with Crippen LogP contribution in [0.3, 0.4) is 0 Å². The van der Waals surface area contributed by atoms with Gasteiger partial charge in [0.1, 0.15) is 18.2 Å². The van der Waals surface area contributed by atoms with Gasteiger partial charge < -0.3 is 14.4 Å². The Morgan fingerprint density at radius 2 is 1.87 bits per heavy atom. The number of hydrogen-bond acceptors (Lipinski definition) is 4. The van der Waals surface area contributed by atoms with E-state index in [0.29, 0.717) is 24.5 Å². The zero-order chi connectivity index (χ0) is 20.8. The molecule has 2 saturated heterocycles. The summed E-state index contributed by atoms with van der Waals surface area (Å²) in [5, 5.41) is 0. The molecule has 2 aliphatic rings. The Bertz CT molecular complexity index is 837. The van der Waals surface area contributed by atoms with Crippen LogP contribution in [0.15, 0.2) is 48.5 Å². The van der Waals surface area contributed by atoms with E-state index in [1.807, 2.05) is 41.3 Å². The molecule has 6 heteroatoms. The van der Waals surface area contributed by atoms with Gasteiger partial charge in [-0.1, -0.05) is 24.3 Å². The third-order valence-corrected chi connectivity index (χ3v) is 5.76. The van der Waals surface area contributed by atoms with E-state index in [9.17, 15) is 9.18 Å². The highest BCUT2D eigenvalue weighted by Crippen LogP contribution is 2.23. The number of rotatable bonds is 6. The van der Waals surface area contributed by atoms with Crippen molar-refractivity contribution in [2.45, 2.75) is 31.9 Å². The van der Waals surface area contributed by atoms with Crippen LogP contribution in [0.5, 0.6) is 5.75 Å². The highest BCUT2D eigenvalue weighted by atomic mass is 19.1. The number of ether oxygens (including phenoxy) is 2. The Labute approximate surface area is 177 Å². The average molecular weight is 413 g/mol. The summed E-state index contributed by atoms with van der Waals surface area (Å²) in [4.78, 5) is 17.5. The lowest BCUT2D eigenvalue weighted by Gasteiger charge is -2.23. The minimum absolute atomic E-state index is 0.0153. The molecule has 0 bridgehead atoms. The van der Waals surface area contributed by atoms with Gasteiger partial charge in [-0.2, -0.15) is 0 Å². The lowest BCUT2D eigenvalue weighted by atomic mass is 10.1. The van der Waals surface area contributed by atoms with Crippen molar-refractivity contribution < 1.29 is 18.7 Å². The lowest BCUT2D eigenvalue weighted by Crippen LogP contribution is -2.35. The minimum atomic E-state index is -0.216. The second kappa shape index (κ2) is 10.0. The van der Waals surface area contributed by atoms with Gasteiger partial charge in [0.25, 0.3) is 5.91 Å². The Kier molecular flexibility index (Phi) is 6.97. The molecule has 30 heavy (non-hydrogen) atoms. The van der Waals surface area contributed by atoms with Crippen LogP contribution in [0.2, 0.25) is 0 Å². The molecule has 2 aromatic carbocycles. The molecule has 1 atom stereocenters. The fraction of sp³-hybridized carbons (Fsp3) is 0.458. The molecule has 4 rings (SSSR count). The highest BCUT2D eigenvalue weighted by molar-refractivity contribution is 5.97. The molecular formula is C24H29FN2O3. The zero-order valence-corrected chi connectivity index (χ0v) is 17.3. The van der Waals surface area contributed by atoms with E-state index >= 15 is 0 Å². The third kappa shape index (κ3) is 5.37. The van der Waals surface area contributed by atoms with Crippen molar-refractivity contribution in [2.24, 2.45) is 0 Å². The summed E-state index contributed by atoms with van der Waals surface area (Å²) < 4.78 is 24.7. The van der Waals surface area contributed by atoms with Crippen molar-refractivity contribution in [3.05, 3.63) is 65.5 Å². The molecular weight excluding hydrogens is 383 g/mol. The minimum Gasteiger partial charge on any atom is -0.490 e. The van der Waals surface area contributed by atoms with Crippen LogP contribution in [-0.4, -0.2) is 61.2 Å². The van der Waals surface area contributed by atoms with Gasteiger partial charge in [0, 0.05) is 39.3 Å². The van der Waals surface area contributed by atoms with Crippen molar-refractivity contribution in [1.29, 1.82) is 0 Å². The number of carbonyl (C=O) groups excluding carboxylic acids is 1. The van der Waals surface area contributed by atoms with E-state index in [0.717, 1.165) is 57.6 Å². The normalized spacial score (nSPS) is 20.2. The summed E-state index contributed by atoms with van der Waals surface area (Å²) in [6.45, 7) is 5.13. The summed E-state index contributed by atoms with van der Waals surface area (Å²) in [7, 11) is 0. The van der Waals surface area contributed by atoms with Gasteiger partial charge in [-0.15, -0.1) is 0 Å². The molecule has 5 nitrogen and oxygen atoms in total. The predicted octanol–water partition coefficient (Wildman–Crippen LogP) is 3.73. The Hall–Kier alpha value is -2.44. The van der Waals surface area contributed by atoms with E-state index in [2.05, 4.69) is 4.90 Å². The molecule has 1 unspecified atom stereocenters. The van der Waals surface area contributed by atoms with E-state index < -0.39 is 0 Å². The van der Waals surface area contributed by atoms with Crippen LogP contribution in [-0.2, 0) is 11.3 Å². The van der Waals surface area contributed by atoms with Crippen molar-refractivity contribution in [3.63, 3.8) is 0 Å². The lowest BCUT2D eigenvalue weighted by molar-refractivity contribution is 0.0652. The third-order valence-electron chi connectivity index (χ3n) is 5.76. The van der Waals surface area contributed by atoms with Crippen LogP contribution in [0, 0.1) is 5.82 Å². The summed E-state index contributed by atoms with van der Waals surface area (Å²) in [5.74, 6) is 0.429. The molecule has 2 aliphatic heterocycles. The van der Waals surface area contributed by atoms with Crippen LogP contribution < -0.4 is 4.74 Å². The Morgan fingerprint density at radius 3 is 2.67 bits per heavy atom. The van der Waals surface area contributed by atoms with Gasteiger partial charge in [-0.25, -0.2) is 4.39 Å². The first-order chi connectivity index (χ1) is 14.7. The molecule has 2 fully saturated rings. The first-order valence-electron chi connectivity index (χ1n) is 10.8. The first kappa shape index (κ1) is 20.8. The van der Waals surface area contributed by atoms with Gasteiger partial charge >= 0.3 is 0 Å². The summed E-state index contributed by atoms with van der Waals surface area (Å²) in [6, 6.07) is 14.1. The van der Waals surface area contributed by atoms with Crippen LogP contribution in [0.1, 0.15) is 35.2 Å². The fourth-order valence-corrected chi connectivity index (χ4v) is 4.08. The van der Waals surface area contributed by atoms with E-state index in [1.165, 1.54) is 12.1 Å². The van der Waals surface area contributed by atoms with Gasteiger partial charge in [-0.05, 0) is 49.1 Å². The van der Waals surface area contributed by atoms with Gasteiger partial charge in [-0.3, -0.25) is 9.69 Å². The molecule has 2 heterocycles. The molecule has 0 N–H and O–H groups in total. The van der Waals surface area contributed by atoms with Crippen molar-refractivity contribution in [1.82, 2.24) is 9.80 Å². The van der Waals surface area contributed by atoms with E-state index in [1.54, 1.807) is 0 Å². The number of carbonyl (C=O) groups is 1. The average Bonchev–Trinajstić information content (AvgIpc) is 3.19. The van der Waals surface area contributed by atoms with Gasteiger partial charge in [0.15, 0.2) is 0 Å². The van der Waals surface area contributed by atoms with Crippen molar-refractivity contribution in [3.8, 4) is 5.75 Å². The number of hydrogen-bond donors (Lipinski definition) is 0. The maximum atomic E-state index is 13.2. The highest BCUT2D eigenvalue weighted by Gasteiger charge is 2.24. The van der Waals surface area contributed by atoms with Gasteiger partial charge in [0.2, 0.25) is 0 Å². The maximum Gasteiger partial charge on any atom is 0.257 e.